The molecule has 7 aromatic carbocycles. The van der Waals surface area contributed by atoms with Crippen LogP contribution in [0.1, 0.15) is 18.2 Å². The van der Waals surface area contributed by atoms with Gasteiger partial charge in [0.15, 0.2) is 11.6 Å². The lowest BCUT2D eigenvalue weighted by Gasteiger charge is -2.14. The van der Waals surface area contributed by atoms with E-state index in [1.54, 1.807) is 0 Å². The number of hydrogen-bond donors (Lipinski definition) is 0. The maximum absolute atomic E-state index is 6.43. The number of hydrogen-bond acceptors (Lipinski definition) is 4. The van der Waals surface area contributed by atoms with Crippen LogP contribution < -0.4 is 0 Å². The van der Waals surface area contributed by atoms with Crippen molar-refractivity contribution in [2.75, 3.05) is 0 Å². The molecule has 2 aromatic heterocycles. The predicted octanol–water partition coefficient (Wildman–Crippen LogP) is 12.9. The van der Waals surface area contributed by atoms with E-state index < -0.39 is 0 Å². The maximum Gasteiger partial charge on any atom is 0.164 e. The number of rotatable bonds is 6. The molecule has 1 aliphatic rings. The summed E-state index contributed by atoms with van der Waals surface area (Å²) in [6, 6.07) is 55.4. The van der Waals surface area contributed by atoms with Crippen molar-refractivity contribution < 1.29 is 4.42 Å². The third-order valence-corrected chi connectivity index (χ3v) is 10.3. The predicted molar refractivity (Wildman–Crippen MR) is 217 cm³/mol. The first kappa shape index (κ1) is 30.9. The van der Waals surface area contributed by atoms with Gasteiger partial charge in [0, 0.05) is 27.8 Å². The molecule has 0 saturated carbocycles. The first-order valence-corrected chi connectivity index (χ1v) is 18.1. The molecule has 4 heteroatoms. The zero-order valence-corrected chi connectivity index (χ0v) is 28.9. The lowest BCUT2D eigenvalue weighted by Crippen LogP contribution is -2.07. The smallest absolute Gasteiger partial charge is 0.164 e. The monoisotopic (exact) mass is 679 g/mol. The molecule has 0 N–H and O–H groups in total. The largest absolute Gasteiger partial charge is 0.456 e. The molecule has 1 unspecified atom stereocenters. The van der Waals surface area contributed by atoms with Gasteiger partial charge in [0.2, 0.25) is 0 Å². The van der Waals surface area contributed by atoms with Crippen molar-refractivity contribution in [1.82, 2.24) is 15.0 Å². The van der Waals surface area contributed by atoms with E-state index in [1.165, 1.54) is 33.0 Å². The Balaban J connectivity index is 1.06. The molecule has 0 spiro atoms. The van der Waals surface area contributed by atoms with Gasteiger partial charge in [0.05, 0.1) is 0 Å². The second-order valence-electron chi connectivity index (χ2n) is 13.5. The normalized spacial score (nSPS) is 14.0. The van der Waals surface area contributed by atoms with Gasteiger partial charge in [-0.2, -0.15) is 0 Å². The molecule has 4 nitrogen and oxygen atoms in total. The highest BCUT2D eigenvalue weighted by atomic mass is 16.3. The Kier molecular flexibility index (Phi) is 7.58. The molecule has 1 aliphatic carbocycles. The SMILES string of the molecule is C1=CCC(c2nc(-c3ccccc3)nc(-c3cccc4oc5ccc(-c6ccc(-c7ccc(-c8ccccc8)c8ccccc78)cc6)cc5c34)n2)C=C1. The fourth-order valence-corrected chi connectivity index (χ4v) is 7.62. The average Bonchev–Trinajstić information content (AvgIpc) is 3.62. The van der Waals surface area contributed by atoms with Crippen LogP contribution >= 0.6 is 0 Å². The van der Waals surface area contributed by atoms with Gasteiger partial charge in [0.1, 0.15) is 17.0 Å². The van der Waals surface area contributed by atoms with Gasteiger partial charge in [-0.25, -0.2) is 15.0 Å². The van der Waals surface area contributed by atoms with Gasteiger partial charge < -0.3 is 4.42 Å². The fraction of sp³-hybridized carbons (Fsp3) is 0.0408. The van der Waals surface area contributed by atoms with Crippen molar-refractivity contribution in [2.45, 2.75) is 12.3 Å². The minimum atomic E-state index is 0.0823. The number of furan rings is 1. The van der Waals surface area contributed by atoms with Crippen LogP contribution in [-0.4, -0.2) is 15.0 Å². The van der Waals surface area contributed by atoms with Crippen molar-refractivity contribution in [3.63, 3.8) is 0 Å². The summed E-state index contributed by atoms with van der Waals surface area (Å²) in [5.41, 5.74) is 10.7. The second-order valence-corrected chi connectivity index (χ2v) is 13.5. The van der Waals surface area contributed by atoms with E-state index in [0.717, 1.165) is 56.4 Å². The quantitative estimate of drug-likeness (QED) is 0.175. The van der Waals surface area contributed by atoms with E-state index in [1.807, 2.05) is 42.5 Å². The molecular formula is C49H33N3O. The van der Waals surface area contributed by atoms with E-state index in [0.29, 0.717) is 11.6 Å². The molecule has 0 saturated heterocycles. The van der Waals surface area contributed by atoms with E-state index >= 15 is 0 Å². The summed E-state index contributed by atoms with van der Waals surface area (Å²) in [6.07, 6.45) is 9.33. The molecule has 0 radical (unpaired) electrons. The fourth-order valence-electron chi connectivity index (χ4n) is 7.62. The first-order valence-electron chi connectivity index (χ1n) is 18.1. The van der Waals surface area contributed by atoms with Gasteiger partial charge in [0.25, 0.3) is 0 Å². The van der Waals surface area contributed by atoms with Crippen LogP contribution in [0.25, 0.3) is 88.9 Å². The standard InChI is InChI=1S/C49H33N3O/c1-4-13-33(14-5-1)38-28-29-39(41-20-11-10-19-40(38)41)34-25-23-32(24-26-34)37-27-30-44-43(31-37)46-42(21-12-22-45(46)53-44)49-51-47(35-15-6-2-7-16-35)50-48(52-49)36-17-8-3-9-18-36/h1-17,19-31,36H,18H2. The van der Waals surface area contributed by atoms with Gasteiger partial charge in [-0.3, -0.25) is 0 Å². The Hall–Kier alpha value is -6.91. The van der Waals surface area contributed by atoms with Gasteiger partial charge >= 0.3 is 0 Å². The van der Waals surface area contributed by atoms with Crippen LogP contribution in [0.4, 0.5) is 0 Å². The lowest BCUT2D eigenvalue weighted by atomic mass is 9.91. The van der Waals surface area contributed by atoms with Crippen LogP contribution in [0.15, 0.2) is 186 Å². The number of fused-ring (bicyclic) bond motifs is 4. The minimum absolute atomic E-state index is 0.0823. The highest BCUT2D eigenvalue weighted by Crippen LogP contribution is 2.40. The third-order valence-electron chi connectivity index (χ3n) is 10.3. The average molecular weight is 680 g/mol. The summed E-state index contributed by atoms with van der Waals surface area (Å²) in [4.78, 5) is 15.1. The van der Waals surface area contributed by atoms with Gasteiger partial charge in [-0.05, 0) is 68.8 Å². The van der Waals surface area contributed by atoms with Gasteiger partial charge in [-0.15, -0.1) is 0 Å². The van der Waals surface area contributed by atoms with Crippen LogP contribution in [0.2, 0.25) is 0 Å². The summed E-state index contributed by atoms with van der Waals surface area (Å²) in [7, 11) is 0. The second kappa shape index (κ2) is 13.0. The topological polar surface area (TPSA) is 51.8 Å². The number of benzene rings is 7. The molecule has 0 bridgehead atoms. The van der Waals surface area contributed by atoms with Crippen molar-refractivity contribution in [1.29, 1.82) is 0 Å². The molecule has 53 heavy (non-hydrogen) atoms. The molecule has 10 rings (SSSR count). The Morgan fingerprint density at radius 3 is 1.79 bits per heavy atom. The molecule has 2 heterocycles. The van der Waals surface area contributed by atoms with E-state index in [2.05, 4.69) is 140 Å². The van der Waals surface area contributed by atoms with Gasteiger partial charge in [-0.1, -0.05) is 164 Å². The summed E-state index contributed by atoms with van der Waals surface area (Å²) in [6.45, 7) is 0. The van der Waals surface area contributed by atoms with Crippen molar-refractivity contribution in [3.8, 4) is 56.2 Å². The molecule has 0 aliphatic heterocycles. The number of allylic oxidation sites excluding steroid dienone is 4. The Labute approximate surface area is 307 Å². The Bertz CT molecular complexity index is 2850. The van der Waals surface area contributed by atoms with Crippen LogP contribution in [0.3, 0.4) is 0 Å². The third kappa shape index (κ3) is 5.62. The number of nitrogens with zero attached hydrogens (tertiary/aromatic N) is 3. The van der Waals surface area contributed by atoms with Crippen molar-refractivity contribution in [3.05, 3.63) is 188 Å². The molecule has 0 amide bonds. The summed E-state index contributed by atoms with van der Waals surface area (Å²) < 4.78 is 6.43. The molecule has 0 fully saturated rings. The Morgan fingerprint density at radius 2 is 1.08 bits per heavy atom. The van der Waals surface area contributed by atoms with Crippen LogP contribution in [-0.2, 0) is 0 Å². The van der Waals surface area contributed by atoms with E-state index in [-0.39, 0.29) is 5.92 Å². The molecule has 250 valence electrons. The summed E-state index contributed by atoms with van der Waals surface area (Å²) in [5, 5.41) is 4.53. The maximum atomic E-state index is 6.43. The number of aromatic nitrogens is 3. The molecular weight excluding hydrogens is 647 g/mol. The first-order chi connectivity index (χ1) is 26.3. The lowest BCUT2D eigenvalue weighted by molar-refractivity contribution is 0.669. The van der Waals surface area contributed by atoms with Crippen LogP contribution in [0, 0.1) is 0 Å². The summed E-state index contributed by atoms with van der Waals surface area (Å²) >= 11 is 0. The molecule has 9 aromatic rings. The van der Waals surface area contributed by atoms with Crippen molar-refractivity contribution >= 4 is 32.7 Å². The van der Waals surface area contributed by atoms with E-state index in [9.17, 15) is 0 Å². The highest BCUT2D eigenvalue weighted by molar-refractivity contribution is 6.13. The van der Waals surface area contributed by atoms with Crippen LogP contribution in [0.5, 0.6) is 0 Å². The van der Waals surface area contributed by atoms with Crippen molar-refractivity contribution in [2.24, 2.45) is 0 Å². The highest BCUT2D eigenvalue weighted by Gasteiger charge is 2.20. The minimum Gasteiger partial charge on any atom is -0.456 e. The zero-order valence-electron chi connectivity index (χ0n) is 28.9. The van der Waals surface area contributed by atoms with E-state index in [4.69, 9.17) is 19.4 Å². The summed E-state index contributed by atoms with van der Waals surface area (Å²) in [5.74, 6) is 2.16. The molecule has 1 atom stereocenters. The Morgan fingerprint density at radius 1 is 0.434 bits per heavy atom. The zero-order chi connectivity index (χ0) is 35.1.